The molecule has 1 aromatic carbocycles. The number of benzene rings is 1. The molecule has 6 nitrogen and oxygen atoms in total. The first-order valence-corrected chi connectivity index (χ1v) is 6.03. The Morgan fingerprint density at radius 3 is 2.53 bits per heavy atom. The number of nitrogens with one attached hydrogen (secondary N) is 1. The highest BCUT2D eigenvalue weighted by molar-refractivity contribution is 5.64. The lowest BCUT2D eigenvalue weighted by molar-refractivity contribution is 0.141. The molecular formula is C13H18N2O4. The number of nitrogens with two attached hydrogens (primary N) is 1. The van der Waals surface area contributed by atoms with Gasteiger partial charge in [0.2, 0.25) is 0 Å². The van der Waals surface area contributed by atoms with E-state index in [0.29, 0.717) is 12.3 Å². The highest BCUT2D eigenvalue weighted by Gasteiger charge is 2.21. The standard InChI is InChI=1S/C13H18N2O4/c1-17-11-4-8-3-10(7-19-13(14)16)15-6-9(8)5-12(11)18-2/h4-5,10,15H,3,6-7H2,1-2H3,(H2,14,16)/t10-/m0/s1. The lowest BCUT2D eigenvalue weighted by atomic mass is 9.95. The van der Waals surface area contributed by atoms with Crippen molar-refractivity contribution in [2.75, 3.05) is 20.8 Å². The van der Waals surface area contributed by atoms with E-state index >= 15 is 0 Å². The number of amides is 1. The van der Waals surface area contributed by atoms with Crippen molar-refractivity contribution in [1.29, 1.82) is 0 Å². The van der Waals surface area contributed by atoms with Crippen LogP contribution in [0.25, 0.3) is 0 Å². The van der Waals surface area contributed by atoms with Crippen molar-refractivity contribution in [1.82, 2.24) is 5.32 Å². The summed E-state index contributed by atoms with van der Waals surface area (Å²) in [5.41, 5.74) is 7.28. The van der Waals surface area contributed by atoms with Crippen LogP contribution in [-0.4, -0.2) is 33.0 Å². The first-order chi connectivity index (χ1) is 9.13. The number of primary amides is 1. The maximum atomic E-state index is 10.6. The van der Waals surface area contributed by atoms with Crippen molar-refractivity contribution in [3.05, 3.63) is 23.3 Å². The molecule has 1 amide bonds. The van der Waals surface area contributed by atoms with E-state index in [4.69, 9.17) is 19.9 Å². The van der Waals surface area contributed by atoms with E-state index in [2.05, 4.69) is 5.32 Å². The van der Waals surface area contributed by atoms with Crippen molar-refractivity contribution in [2.45, 2.75) is 19.0 Å². The largest absolute Gasteiger partial charge is 0.493 e. The Hall–Kier alpha value is -1.95. The van der Waals surface area contributed by atoms with Crippen LogP contribution in [0.4, 0.5) is 4.79 Å². The van der Waals surface area contributed by atoms with Gasteiger partial charge in [0.1, 0.15) is 6.61 Å². The second-order valence-corrected chi connectivity index (χ2v) is 4.39. The Kier molecular flexibility index (Phi) is 4.11. The number of methoxy groups -OCH3 is 2. The molecule has 0 saturated carbocycles. The number of hydrogen-bond acceptors (Lipinski definition) is 5. The lowest BCUT2D eigenvalue weighted by Crippen LogP contribution is -2.40. The molecule has 19 heavy (non-hydrogen) atoms. The summed E-state index contributed by atoms with van der Waals surface area (Å²) in [4.78, 5) is 10.6. The summed E-state index contributed by atoms with van der Waals surface area (Å²) in [6.45, 7) is 0.964. The fraction of sp³-hybridized carbons (Fsp3) is 0.462. The van der Waals surface area contributed by atoms with Crippen molar-refractivity contribution < 1.29 is 19.0 Å². The SMILES string of the molecule is COc1cc2c(cc1OC)C[C@@H](COC(N)=O)NC2. The van der Waals surface area contributed by atoms with Gasteiger partial charge in [-0.15, -0.1) is 0 Å². The number of carbonyl (C=O) groups excluding carboxylic acids is 1. The second kappa shape index (κ2) is 5.79. The van der Waals surface area contributed by atoms with E-state index in [1.807, 2.05) is 12.1 Å². The van der Waals surface area contributed by atoms with Crippen LogP contribution in [0, 0.1) is 0 Å². The fourth-order valence-corrected chi connectivity index (χ4v) is 2.21. The topological polar surface area (TPSA) is 82.8 Å². The number of fused-ring (bicyclic) bond motifs is 1. The summed E-state index contributed by atoms with van der Waals surface area (Å²) in [5, 5.41) is 3.29. The van der Waals surface area contributed by atoms with E-state index in [-0.39, 0.29) is 12.6 Å². The van der Waals surface area contributed by atoms with Gasteiger partial charge < -0.3 is 25.3 Å². The normalized spacial score (nSPS) is 17.5. The van der Waals surface area contributed by atoms with Crippen LogP contribution < -0.4 is 20.5 Å². The fourth-order valence-electron chi connectivity index (χ4n) is 2.21. The minimum Gasteiger partial charge on any atom is -0.493 e. The summed E-state index contributed by atoms with van der Waals surface area (Å²) in [6, 6.07) is 4.00. The highest BCUT2D eigenvalue weighted by atomic mass is 16.5. The van der Waals surface area contributed by atoms with Crippen LogP contribution >= 0.6 is 0 Å². The monoisotopic (exact) mass is 266 g/mol. The van der Waals surface area contributed by atoms with Gasteiger partial charge in [0.25, 0.3) is 0 Å². The van der Waals surface area contributed by atoms with E-state index in [9.17, 15) is 4.79 Å². The van der Waals surface area contributed by atoms with Crippen LogP contribution in [0.15, 0.2) is 12.1 Å². The van der Waals surface area contributed by atoms with E-state index < -0.39 is 6.09 Å². The van der Waals surface area contributed by atoms with E-state index in [1.165, 1.54) is 0 Å². The minimum atomic E-state index is -0.750. The van der Waals surface area contributed by atoms with Crippen LogP contribution in [0.5, 0.6) is 11.5 Å². The quantitative estimate of drug-likeness (QED) is 0.842. The molecule has 0 unspecified atom stereocenters. The van der Waals surface area contributed by atoms with Crippen LogP contribution in [0.3, 0.4) is 0 Å². The number of hydrogen-bond donors (Lipinski definition) is 2. The molecule has 2 rings (SSSR count). The molecular weight excluding hydrogens is 248 g/mol. The number of ether oxygens (including phenoxy) is 3. The van der Waals surface area contributed by atoms with Gasteiger partial charge in [-0.2, -0.15) is 0 Å². The second-order valence-electron chi connectivity index (χ2n) is 4.39. The molecule has 104 valence electrons. The van der Waals surface area contributed by atoms with Gasteiger partial charge in [0.15, 0.2) is 11.5 Å². The third-order valence-corrected chi connectivity index (χ3v) is 3.18. The van der Waals surface area contributed by atoms with Gasteiger partial charge in [-0.05, 0) is 29.7 Å². The summed E-state index contributed by atoms with van der Waals surface area (Å²) in [5.74, 6) is 1.42. The molecule has 3 N–H and O–H groups in total. The average molecular weight is 266 g/mol. The maximum Gasteiger partial charge on any atom is 0.404 e. The molecule has 0 bridgehead atoms. The zero-order valence-corrected chi connectivity index (χ0v) is 11.1. The van der Waals surface area contributed by atoms with Gasteiger partial charge in [-0.25, -0.2) is 4.79 Å². The van der Waals surface area contributed by atoms with Crippen LogP contribution in [0.2, 0.25) is 0 Å². The third-order valence-electron chi connectivity index (χ3n) is 3.18. The molecule has 1 aromatic rings. The van der Waals surface area contributed by atoms with E-state index in [0.717, 1.165) is 23.3 Å². The summed E-state index contributed by atoms with van der Waals surface area (Å²) < 4.78 is 15.4. The Morgan fingerprint density at radius 2 is 1.95 bits per heavy atom. The first-order valence-electron chi connectivity index (χ1n) is 6.03. The molecule has 1 aliphatic rings. The van der Waals surface area contributed by atoms with Crippen molar-refractivity contribution in [3.8, 4) is 11.5 Å². The summed E-state index contributed by atoms with van der Waals surface area (Å²) in [6.07, 6.45) is 0.00286. The Balaban J connectivity index is 2.13. The molecule has 0 saturated heterocycles. The molecule has 0 aliphatic carbocycles. The number of carbonyl (C=O) groups is 1. The Bertz CT molecular complexity index is 476. The molecule has 0 aromatic heterocycles. The molecule has 6 heteroatoms. The minimum absolute atomic E-state index is 0.0677. The van der Waals surface area contributed by atoms with Crippen molar-refractivity contribution >= 4 is 6.09 Å². The van der Waals surface area contributed by atoms with Crippen LogP contribution in [0.1, 0.15) is 11.1 Å². The van der Waals surface area contributed by atoms with E-state index in [1.54, 1.807) is 14.2 Å². The first kappa shape index (κ1) is 13.5. The summed E-state index contributed by atoms with van der Waals surface area (Å²) >= 11 is 0. The van der Waals surface area contributed by atoms with Gasteiger partial charge in [-0.3, -0.25) is 0 Å². The van der Waals surface area contributed by atoms with Gasteiger partial charge in [0, 0.05) is 12.6 Å². The third kappa shape index (κ3) is 3.08. The van der Waals surface area contributed by atoms with Gasteiger partial charge >= 0.3 is 6.09 Å². The average Bonchev–Trinajstić information content (AvgIpc) is 2.43. The van der Waals surface area contributed by atoms with Gasteiger partial charge in [-0.1, -0.05) is 0 Å². The zero-order valence-electron chi connectivity index (χ0n) is 11.1. The van der Waals surface area contributed by atoms with Gasteiger partial charge in [0.05, 0.1) is 14.2 Å². The predicted molar refractivity (Wildman–Crippen MR) is 69.4 cm³/mol. The summed E-state index contributed by atoms with van der Waals surface area (Å²) in [7, 11) is 3.23. The molecule has 0 spiro atoms. The molecule has 0 fully saturated rings. The number of rotatable bonds is 4. The Morgan fingerprint density at radius 1 is 1.32 bits per heavy atom. The molecule has 1 heterocycles. The smallest absolute Gasteiger partial charge is 0.404 e. The zero-order chi connectivity index (χ0) is 13.8. The van der Waals surface area contributed by atoms with Crippen LogP contribution in [-0.2, 0) is 17.7 Å². The Labute approximate surface area is 111 Å². The lowest BCUT2D eigenvalue weighted by Gasteiger charge is -2.26. The molecule has 0 radical (unpaired) electrons. The molecule has 1 atom stereocenters. The van der Waals surface area contributed by atoms with Crippen molar-refractivity contribution in [3.63, 3.8) is 0 Å². The highest BCUT2D eigenvalue weighted by Crippen LogP contribution is 2.32. The predicted octanol–water partition coefficient (Wildman–Crippen LogP) is 0.813. The maximum absolute atomic E-state index is 10.6. The van der Waals surface area contributed by atoms with Crippen molar-refractivity contribution in [2.24, 2.45) is 5.73 Å². The molecule has 1 aliphatic heterocycles.